The van der Waals surface area contributed by atoms with Gasteiger partial charge in [-0.15, -0.1) is 0 Å². The largest absolute Gasteiger partial charge is 0.0991 e. The first-order valence-corrected chi connectivity index (χ1v) is 4.87. The van der Waals surface area contributed by atoms with Gasteiger partial charge in [-0.2, -0.15) is 0 Å². The predicted molar refractivity (Wildman–Crippen MR) is 70.7 cm³/mol. The van der Waals surface area contributed by atoms with E-state index in [-0.39, 0.29) is 0 Å². The number of hydrogen-bond acceptors (Lipinski definition) is 0. The summed E-state index contributed by atoms with van der Waals surface area (Å²) >= 11 is 0. The van der Waals surface area contributed by atoms with Gasteiger partial charge in [0, 0.05) is 0 Å². The fraction of sp³-hybridized carbons (Fsp3) is 0.0667. The molecule has 15 heavy (non-hydrogen) atoms. The quantitative estimate of drug-likeness (QED) is 0.550. The Morgan fingerprint density at radius 3 is 2.07 bits per heavy atom. The van der Waals surface area contributed by atoms with E-state index in [4.69, 9.17) is 0 Å². The summed E-state index contributed by atoms with van der Waals surface area (Å²) in [7, 11) is 0. The molecular formula is C15H18. The zero-order chi connectivity index (χ0) is 11.5. The molecule has 0 rings (SSSR count). The third-order valence-corrected chi connectivity index (χ3v) is 1.73. The second-order valence-electron chi connectivity index (χ2n) is 2.80. The molecule has 0 atom stereocenters. The van der Waals surface area contributed by atoms with Crippen molar-refractivity contribution in [2.75, 3.05) is 0 Å². The molecule has 0 saturated heterocycles. The van der Waals surface area contributed by atoms with Crippen LogP contribution < -0.4 is 0 Å². The van der Waals surface area contributed by atoms with Crippen LogP contribution >= 0.6 is 0 Å². The Hall–Kier alpha value is -1.82. The van der Waals surface area contributed by atoms with Gasteiger partial charge in [0.15, 0.2) is 0 Å². The lowest BCUT2D eigenvalue weighted by Gasteiger charge is -2.01. The molecule has 0 heterocycles. The first-order chi connectivity index (χ1) is 7.29. The van der Waals surface area contributed by atoms with Crippen LogP contribution in [0.3, 0.4) is 0 Å². The standard InChI is InChI=1S/C15H18/c1-5-9-12-15(13-10-6-2)14(8-4)11-7-3/h5-13H,1,3-4H2,2H3/b10-6-,12-9-,14-11+,15-13+. The topological polar surface area (TPSA) is 0 Å². The van der Waals surface area contributed by atoms with E-state index in [0.717, 1.165) is 11.1 Å². The normalized spacial score (nSPS) is 13.4. The maximum atomic E-state index is 3.78. The lowest BCUT2D eigenvalue weighted by atomic mass is 10.0. The first-order valence-electron chi connectivity index (χ1n) is 4.87. The van der Waals surface area contributed by atoms with Crippen molar-refractivity contribution in [1.29, 1.82) is 0 Å². The van der Waals surface area contributed by atoms with Crippen LogP contribution in [-0.4, -0.2) is 0 Å². The van der Waals surface area contributed by atoms with Crippen molar-refractivity contribution in [3.05, 3.63) is 85.6 Å². The van der Waals surface area contributed by atoms with Crippen LogP contribution in [0.1, 0.15) is 6.92 Å². The summed E-state index contributed by atoms with van der Waals surface area (Å²) in [5.74, 6) is 0. The molecule has 0 aromatic carbocycles. The summed E-state index contributed by atoms with van der Waals surface area (Å²) in [6.45, 7) is 13.1. The molecular weight excluding hydrogens is 180 g/mol. The van der Waals surface area contributed by atoms with E-state index < -0.39 is 0 Å². The molecule has 0 aliphatic rings. The molecule has 0 spiro atoms. The van der Waals surface area contributed by atoms with Crippen molar-refractivity contribution < 1.29 is 0 Å². The van der Waals surface area contributed by atoms with Gasteiger partial charge in [-0.05, 0) is 18.1 Å². The molecule has 0 aliphatic heterocycles. The van der Waals surface area contributed by atoms with Crippen molar-refractivity contribution in [3.8, 4) is 0 Å². The smallest absolute Gasteiger partial charge is 0.0184 e. The van der Waals surface area contributed by atoms with Gasteiger partial charge in [-0.25, -0.2) is 0 Å². The third kappa shape index (κ3) is 5.48. The second kappa shape index (κ2) is 8.76. The molecule has 78 valence electrons. The Kier molecular flexibility index (Phi) is 7.70. The van der Waals surface area contributed by atoms with Crippen LogP contribution in [0.5, 0.6) is 0 Å². The van der Waals surface area contributed by atoms with E-state index in [2.05, 4.69) is 19.7 Å². The van der Waals surface area contributed by atoms with Crippen LogP contribution in [0.15, 0.2) is 85.6 Å². The van der Waals surface area contributed by atoms with E-state index in [1.165, 1.54) is 0 Å². The van der Waals surface area contributed by atoms with Crippen LogP contribution in [0.2, 0.25) is 0 Å². The molecule has 0 amide bonds. The summed E-state index contributed by atoms with van der Waals surface area (Å²) in [4.78, 5) is 0. The lowest BCUT2D eigenvalue weighted by Crippen LogP contribution is -1.81. The van der Waals surface area contributed by atoms with Gasteiger partial charge in [0.05, 0.1) is 0 Å². The Labute approximate surface area is 93.0 Å². The van der Waals surface area contributed by atoms with E-state index in [1.54, 1.807) is 12.2 Å². The fourth-order valence-corrected chi connectivity index (χ4v) is 1.03. The average molecular weight is 198 g/mol. The maximum Gasteiger partial charge on any atom is -0.0184 e. The van der Waals surface area contributed by atoms with E-state index in [9.17, 15) is 0 Å². The predicted octanol–water partition coefficient (Wildman–Crippen LogP) is 4.53. The van der Waals surface area contributed by atoms with Crippen LogP contribution in [-0.2, 0) is 0 Å². The Balaban J connectivity index is 5.15. The Morgan fingerprint density at radius 1 is 0.867 bits per heavy atom. The molecule has 0 N–H and O–H groups in total. The Morgan fingerprint density at radius 2 is 1.60 bits per heavy atom. The zero-order valence-corrected chi connectivity index (χ0v) is 9.32. The first kappa shape index (κ1) is 13.2. The van der Waals surface area contributed by atoms with E-state index in [1.807, 2.05) is 49.5 Å². The highest BCUT2D eigenvalue weighted by Crippen LogP contribution is 2.13. The molecule has 0 saturated carbocycles. The number of allylic oxidation sites excluding steroid dienone is 11. The van der Waals surface area contributed by atoms with Gasteiger partial charge in [-0.1, -0.05) is 74.4 Å². The molecule has 0 heteroatoms. The second-order valence-corrected chi connectivity index (χ2v) is 2.80. The van der Waals surface area contributed by atoms with Crippen molar-refractivity contribution in [2.45, 2.75) is 6.92 Å². The maximum absolute atomic E-state index is 3.78. The minimum atomic E-state index is 1.04. The highest BCUT2D eigenvalue weighted by molar-refractivity contribution is 5.49. The Bertz CT molecular complexity index is 333. The summed E-state index contributed by atoms with van der Waals surface area (Å²) in [5, 5.41) is 0. The minimum absolute atomic E-state index is 1.04. The third-order valence-electron chi connectivity index (χ3n) is 1.73. The van der Waals surface area contributed by atoms with Crippen molar-refractivity contribution in [2.24, 2.45) is 0 Å². The zero-order valence-electron chi connectivity index (χ0n) is 9.32. The average Bonchev–Trinajstić information content (AvgIpc) is 2.27. The SMILES string of the molecule is C=C\C=C/C(=C\C=C/C)C(/C=C)=C/C=C. The van der Waals surface area contributed by atoms with Gasteiger partial charge in [0.25, 0.3) is 0 Å². The van der Waals surface area contributed by atoms with Gasteiger partial charge >= 0.3 is 0 Å². The number of rotatable bonds is 6. The molecule has 0 bridgehead atoms. The number of hydrogen-bond donors (Lipinski definition) is 0. The summed E-state index contributed by atoms with van der Waals surface area (Å²) in [6, 6.07) is 0. The molecule has 0 radical (unpaired) electrons. The fourth-order valence-electron chi connectivity index (χ4n) is 1.03. The molecule has 0 fully saturated rings. The highest BCUT2D eigenvalue weighted by Gasteiger charge is 1.94. The van der Waals surface area contributed by atoms with Gasteiger partial charge in [-0.3, -0.25) is 0 Å². The summed E-state index contributed by atoms with van der Waals surface area (Å²) < 4.78 is 0. The van der Waals surface area contributed by atoms with Crippen LogP contribution in [0, 0.1) is 0 Å². The van der Waals surface area contributed by atoms with Crippen LogP contribution in [0.25, 0.3) is 0 Å². The highest BCUT2D eigenvalue weighted by atomic mass is 14.0. The van der Waals surface area contributed by atoms with E-state index >= 15 is 0 Å². The van der Waals surface area contributed by atoms with Crippen molar-refractivity contribution >= 4 is 0 Å². The van der Waals surface area contributed by atoms with Gasteiger partial charge in [0.2, 0.25) is 0 Å². The molecule has 0 aromatic rings. The monoisotopic (exact) mass is 198 g/mol. The summed E-state index contributed by atoms with van der Waals surface area (Å²) in [6.07, 6.45) is 17.1. The van der Waals surface area contributed by atoms with Crippen molar-refractivity contribution in [1.82, 2.24) is 0 Å². The van der Waals surface area contributed by atoms with E-state index in [0.29, 0.717) is 0 Å². The molecule has 0 aliphatic carbocycles. The molecule has 0 nitrogen and oxygen atoms in total. The molecule has 0 aromatic heterocycles. The van der Waals surface area contributed by atoms with Gasteiger partial charge < -0.3 is 0 Å². The molecule has 0 unspecified atom stereocenters. The van der Waals surface area contributed by atoms with Crippen molar-refractivity contribution in [3.63, 3.8) is 0 Å². The summed E-state index contributed by atoms with van der Waals surface area (Å²) in [5.41, 5.74) is 2.13. The van der Waals surface area contributed by atoms with Gasteiger partial charge in [0.1, 0.15) is 0 Å². The lowest BCUT2D eigenvalue weighted by molar-refractivity contribution is 1.54. The van der Waals surface area contributed by atoms with Crippen LogP contribution in [0.4, 0.5) is 0 Å². The minimum Gasteiger partial charge on any atom is -0.0991 e.